The van der Waals surface area contributed by atoms with Crippen LogP contribution in [0.4, 0.5) is 23.7 Å². The third-order valence-electron chi connectivity index (χ3n) is 13.3. The fourth-order valence-corrected chi connectivity index (χ4v) is 10.5. The van der Waals surface area contributed by atoms with E-state index in [9.17, 15) is 27.9 Å². The molecule has 0 spiro atoms. The zero-order valence-corrected chi connectivity index (χ0v) is 43.8. The Hall–Kier alpha value is -5.14. The summed E-state index contributed by atoms with van der Waals surface area (Å²) < 4.78 is 79.5. The van der Waals surface area contributed by atoms with Crippen molar-refractivity contribution in [3.8, 4) is 17.4 Å². The van der Waals surface area contributed by atoms with Crippen molar-refractivity contribution in [3.05, 3.63) is 65.2 Å². The average molecular weight is 1000 g/mol. The molecule has 2 amide bonds. The molecular formula is C51H73F3N4O11Si. The Kier molecular flexibility index (Phi) is 17.6. The molecule has 0 saturated carbocycles. The van der Waals surface area contributed by atoms with Crippen LogP contribution >= 0.6 is 0 Å². The lowest BCUT2D eigenvalue weighted by molar-refractivity contribution is -0.275. The summed E-state index contributed by atoms with van der Waals surface area (Å²) in [4.78, 5) is 61.8. The maximum absolute atomic E-state index is 15.8. The molecule has 3 aliphatic carbocycles. The van der Waals surface area contributed by atoms with Gasteiger partial charge in [-0.15, -0.1) is 26.3 Å². The zero-order chi connectivity index (χ0) is 52.1. The largest absolute Gasteiger partial charge is 0.573 e. The smallest absolute Gasteiger partial charge is 0.508 e. The number of rotatable bonds is 22. The van der Waals surface area contributed by atoms with Crippen LogP contribution in [0.15, 0.2) is 47.2 Å². The van der Waals surface area contributed by atoms with Crippen molar-refractivity contribution in [2.75, 3.05) is 44.7 Å². The molecule has 0 saturated heterocycles. The first-order valence-electron chi connectivity index (χ1n) is 24.4. The van der Waals surface area contributed by atoms with Crippen LogP contribution in [0.5, 0.6) is 17.4 Å². The summed E-state index contributed by atoms with van der Waals surface area (Å²) in [6, 6.07) is 0.0768. The molecule has 1 aromatic carbocycles. The number of nitrogens with one attached hydrogen (secondary N) is 1. The Balaban J connectivity index is 1.82. The number of anilines is 1. The Morgan fingerprint density at radius 3 is 2.14 bits per heavy atom. The highest BCUT2D eigenvalue weighted by atomic mass is 28.4. The summed E-state index contributed by atoms with van der Waals surface area (Å²) in [6.45, 7) is 28.7. The zero-order valence-electron chi connectivity index (χ0n) is 42.8. The SMILES string of the molecule is C=CCN(CC=C)[C@@H]1c2onc(OCCCC)c2C(=O)[C@@]2(O[Si](C)(C)C(C)(C)C)C(O)=C3C(=O)c4c(c(OC(F)(F)F)cc(NC(=O)CN(CCCC)C(=O)OC(C)(C)C)c4OCCCC)C[C@H]3C[C@@H]12. The number of fused-ring (bicyclic) bond motifs is 4. The molecule has 0 radical (unpaired) electrons. The third-order valence-corrected chi connectivity index (χ3v) is 17.8. The van der Waals surface area contributed by atoms with Gasteiger partial charge in [-0.2, -0.15) is 0 Å². The van der Waals surface area contributed by atoms with E-state index in [2.05, 4.69) is 28.4 Å². The lowest BCUT2D eigenvalue weighted by atomic mass is 9.58. The summed E-state index contributed by atoms with van der Waals surface area (Å²) in [7, 11) is -3.17. The first-order valence-corrected chi connectivity index (χ1v) is 27.3. The Bertz CT molecular complexity index is 2300. The number of amides is 2. The Morgan fingerprint density at radius 1 is 0.971 bits per heavy atom. The number of Topliss-reactive ketones (excluding diaryl/α,β-unsaturated/α-hetero) is 2. The number of carbonyl (C=O) groups excluding carboxylic acids is 4. The van der Waals surface area contributed by atoms with E-state index in [0.717, 1.165) is 12.5 Å². The maximum atomic E-state index is 15.8. The van der Waals surface area contributed by atoms with Gasteiger partial charge in [-0.05, 0) is 82.1 Å². The summed E-state index contributed by atoms with van der Waals surface area (Å²) >= 11 is 0. The van der Waals surface area contributed by atoms with Gasteiger partial charge >= 0.3 is 12.5 Å². The van der Waals surface area contributed by atoms with E-state index in [1.807, 2.05) is 59.5 Å². The van der Waals surface area contributed by atoms with Gasteiger partial charge < -0.3 is 38.3 Å². The number of nitrogens with zero attached hydrogens (tertiary/aromatic N) is 3. The lowest BCUT2D eigenvalue weighted by Crippen LogP contribution is -2.65. The van der Waals surface area contributed by atoms with Crippen LogP contribution in [0, 0.1) is 11.8 Å². The first-order chi connectivity index (χ1) is 32.7. The van der Waals surface area contributed by atoms with E-state index in [0.29, 0.717) is 32.1 Å². The number of hydrogen-bond donors (Lipinski definition) is 2. The molecule has 0 aliphatic heterocycles. The summed E-state index contributed by atoms with van der Waals surface area (Å²) in [6.07, 6.45) is 0.605. The molecule has 388 valence electrons. The van der Waals surface area contributed by atoms with E-state index < -0.39 is 96.0 Å². The van der Waals surface area contributed by atoms with E-state index in [-0.39, 0.29) is 85.5 Å². The molecule has 15 nitrogen and oxygen atoms in total. The van der Waals surface area contributed by atoms with Gasteiger partial charge in [0.25, 0.3) is 5.88 Å². The van der Waals surface area contributed by atoms with E-state index in [1.165, 1.54) is 4.90 Å². The summed E-state index contributed by atoms with van der Waals surface area (Å²) in [5.41, 5.74) is -4.38. The molecule has 5 rings (SSSR count). The van der Waals surface area contributed by atoms with Crippen molar-refractivity contribution in [1.82, 2.24) is 15.0 Å². The minimum Gasteiger partial charge on any atom is -0.508 e. The molecule has 4 atom stereocenters. The number of benzene rings is 1. The maximum Gasteiger partial charge on any atom is 0.573 e. The van der Waals surface area contributed by atoms with Gasteiger partial charge in [0.2, 0.25) is 11.7 Å². The number of ketones is 2. The number of ether oxygens (including phenoxy) is 4. The predicted octanol–water partition coefficient (Wildman–Crippen LogP) is 11.5. The second-order valence-electron chi connectivity index (χ2n) is 20.8. The molecule has 0 fully saturated rings. The van der Waals surface area contributed by atoms with Crippen LogP contribution in [0.1, 0.15) is 145 Å². The molecule has 0 unspecified atom stereocenters. The second-order valence-corrected chi connectivity index (χ2v) is 25.6. The van der Waals surface area contributed by atoms with Crippen molar-refractivity contribution in [1.29, 1.82) is 0 Å². The average Bonchev–Trinajstić information content (AvgIpc) is 3.66. The number of allylic oxidation sites excluding steroid dienone is 1. The van der Waals surface area contributed by atoms with Gasteiger partial charge in [-0.25, -0.2) is 4.79 Å². The van der Waals surface area contributed by atoms with Crippen LogP contribution in [-0.4, -0.2) is 109 Å². The molecular weight excluding hydrogens is 930 g/mol. The molecule has 2 aromatic rings. The van der Waals surface area contributed by atoms with Gasteiger partial charge in [0.05, 0.1) is 30.5 Å². The topological polar surface area (TPSA) is 179 Å². The number of alkyl halides is 3. The van der Waals surface area contributed by atoms with Crippen LogP contribution < -0.4 is 19.5 Å². The quantitative estimate of drug-likeness (QED) is 0.0647. The van der Waals surface area contributed by atoms with Crippen LogP contribution in [0.25, 0.3) is 0 Å². The van der Waals surface area contributed by atoms with Gasteiger partial charge in [0, 0.05) is 42.8 Å². The highest BCUT2D eigenvalue weighted by molar-refractivity contribution is 6.74. The monoisotopic (exact) mass is 1000 g/mol. The van der Waals surface area contributed by atoms with E-state index in [4.69, 9.17) is 23.2 Å². The standard InChI is InChI=1S/C51H73F3N4O11Si/c1-14-19-24-58(47(63)67-48(6,7)8)30-36(59)55-34-29-35(66-51(52,53)54)32-27-31-28-33-40(57(22-17-4)23-18-5)43-39(46(56-68-43)65-26-21-16-3)45(62)50(33,69-70(12,13)49(9,10)11)44(61)37(31)41(60)38(32)42(34)64-25-20-15-2/h17-18,29,31,33,40,61H,4-5,14-16,19-28,30H2,1-3,6-13H3,(H,55,59)/t31-,33-,40-,50-/m0/s1. The van der Waals surface area contributed by atoms with Gasteiger partial charge in [0.15, 0.2) is 31.2 Å². The number of halogens is 3. The molecule has 0 bridgehead atoms. The van der Waals surface area contributed by atoms with Crippen LogP contribution in [0.3, 0.4) is 0 Å². The number of hydrogen-bond acceptors (Lipinski definition) is 13. The highest BCUT2D eigenvalue weighted by Crippen LogP contribution is 2.61. The van der Waals surface area contributed by atoms with Crippen molar-refractivity contribution >= 4 is 37.6 Å². The van der Waals surface area contributed by atoms with E-state index in [1.54, 1.807) is 32.9 Å². The van der Waals surface area contributed by atoms with Crippen molar-refractivity contribution in [2.24, 2.45) is 11.8 Å². The fraction of sp³-hybridized carbons (Fsp3) is 0.627. The predicted molar refractivity (Wildman–Crippen MR) is 261 cm³/mol. The first kappa shape index (κ1) is 55.8. The summed E-state index contributed by atoms with van der Waals surface area (Å²) in [5, 5.41) is 19.6. The van der Waals surface area contributed by atoms with Crippen LogP contribution in [-0.2, 0) is 20.4 Å². The number of aliphatic hydroxyl groups is 1. The molecule has 70 heavy (non-hydrogen) atoms. The van der Waals surface area contributed by atoms with Crippen LogP contribution in [0.2, 0.25) is 18.1 Å². The fourth-order valence-electron chi connectivity index (χ4n) is 9.08. The number of carbonyl (C=O) groups is 4. The van der Waals surface area contributed by atoms with E-state index >= 15 is 9.59 Å². The number of aromatic nitrogens is 1. The molecule has 2 N–H and O–H groups in total. The highest BCUT2D eigenvalue weighted by Gasteiger charge is 2.68. The van der Waals surface area contributed by atoms with Gasteiger partial charge in [-0.3, -0.25) is 24.2 Å². The normalized spacial score (nSPS) is 20.2. The van der Waals surface area contributed by atoms with Gasteiger partial charge in [-0.1, -0.05) is 73.0 Å². The Labute approximate surface area is 411 Å². The lowest BCUT2D eigenvalue weighted by Gasteiger charge is -2.55. The minimum atomic E-state index is -5.26. The minimum absolute atomic E-state index is 0.0201. The molecule has 3 aliphatic rings. The second kappa shape index (κ2) is 22.1. The van der Waals surface area contributed by atoms with Gasteiger partial charge in [0.1, 0.15) is 29.2 Å². The molecule has 19 heteroatoms. The summed E-state index contributed by atoms with van der Waals surface area (Å²) in [5.74, 6) is -6.22. The Morgan fingerprint density at radius 2 is 1.59 bits per heavy atom. The molecule has 1 aromatic heterocycles. The third kappa shape index (κ3) is 11.8. The number of unbranched alkanes of at least 4 members (excludes halogenated alkanes) is 3. The van der Waals surface area contributed by atoms with Crippen molar-refractivity contribution < 1.29 is 65.4 Å². The molecule has 1 heterocycles. The van der Waals surface area contributed by atoms with Crippen molar-refractivity contribution in [2.45, 2.75) is 155 Å². The number of aliphatic hydroxyl groups excluding tert-OH is 1. The van der Waals surface area contributed by atoms with Crippen molar-refractivity contribution in [3.63, 3.8) is 0 Å².